The highest BCUT2D eigenvalue weighted by molar-refractivity contribution is 6.10. The van der Waals surface area contributed by atoms with Gasteiger partial charge in [0.1, 0.15) is 11.5 Å². The standard InChI is InChI=1S/C22H21N7O2/c1-2-29-19(16(13-23-29)21(31)27-10-6-11-27)20(30)25-18-9-12-28-14-17(24-22(28)26-18)15-7-4-3-5-8-15/h3-5,7-9,12-14H,2,6,10-11H2,1H3,(H,24,25,26,30). The number of hydrogen-bond donors (Lipinski definition) is 1. The van der Waals surface area contributed by atoms with Crippen molar-refractivity contribution in [2.75, 3.05) is 18.4 Å². The molecule has 0 atom stereocenters. The first kappa shape index (κ1) is 19.0. The Kier molecular flexibility index (Phi) is 4.70. The van der Waals surface area contributed by atoms with Gasteiger partial charge < -0.3 is 10.2 Å². The van der Waals surface area contributed by atoms with Crippen LogP contribution >= 0.6 is 0 Å². The molecule has 0 saturated carbocycles. The second kappa shape index (κ2) is 7.67. The lowest BCUT2D eigenvalue weighted by molar-refractivity contribution is 0.0648. The van der Waals surface area contributed by atoms with E-state index in [0.717, 1.165) is 17.7 Å². The molecule has 9 heteroatoms. The summed E-state index contributed by atoms with van der Waals surface area (Å²) in [4.78, 5) is 36.5. The van der Waals surface area contributed by atoms with E-state index in [9.17, 15) is 9.59 Å². The van der Waals surface area contributed by atoms with Crippen LogP contribution in [0.15, 0.2) is 55.0 Å². The van der Waals surface area contributed by atoms with Crippen molar-refractivity contribution in [1.82, 2.24) is 29.0 Å². The van der Waals surface area contributed by atoms with E-state index in [-0.39, 0.29) is 11.6 Å². The van der Waals surface area contributed by atoms with Gasteiger partial charge in [0.15, 0.2) is 0 Å². The summed E-state index contributed by atoms with van der Waals surface area (Å²) in [5, 5.41) is 7.01. The SMILES string of the molecule is CCn1ncc(C(=O)N2CCC2)c1C(=O)Nc1ccn2cc(-c3ccccc3)nc2n1. The lowest BCUT2D eigenvalue weighted by Gasteiger charge is -2.30. The third-order valence-corrected chi connectivity index (χ3v) is 5.37. The summed E-state index contributed by atoms with van der Waals surface area (Å²) in [6.07, 6.45) is 6.13. The number of rotatable bonds is 5. The molecule has 1 N–H and O–H groups in total. The summed E-state index contributed by atoms with van der Waals surface area (Å²) in [5.41, 5.74) is 2.34. The minimum absolute atomic E-state index is 0.166. The van der Waals surface area contributed by atoms with Crippen LogP contribution in [-0.2, 0) is 6.54 Å². The molecule has 1 aromatic carbocycles. The maximum Gasteiger partial charge on any atom is 0.275 e. The normalized spacial score (nSPS) is 13.3. The van der Waals surface area contributed by atoms with Gasteiger partial charge in [0, 0.05) is 37.6 Å². The van der Waals surface area contributed by atoms with Crippen LogP contribution in [0, 0.1) is 0 Å². The molecule has 156 valence electrons. The first-order valence-electron chi connectivity index (χ1n) is 10.2. The quantitative estimate of drug-likeness (QED) is 0.541. The van der Waals surface area contributed by atoms with E-state index in [2.05, 4.69) is 20.4 Å². The molecule has 1 aliphatic rings. The van der Waals surface area contributed by atoms with Gasteiger partial charge in [-0.25, -0.2) is 4.98 Å². The zero-order chi connectivity index (χ0) is 21.4. The van der Waals surface area contributed by atoms with Crippen LogP contribution < -0.4 is 5.32 Å². The van der Waals surface area contributed by atoms with Crippen LogP contribution in [0.5, 0.6) is 0 Å². The van der Waals surface area contributed by atoms with Crippen LogP contribution in [0.3, 0.4) is 0 Å². The Labute approximate surface area is 178 Å². The highest BCUT2D eigenvalue weighted by atomic mass is 16.2. The van der Waals surface area contributed by atoms with E-state index >= 15 is 0 Å². The number of aromatic nitrogens is 5. The van der Waals surface area contributed by atoms with Gasteiger partial charge >= 0.3 is 0 Å². The van der Waals surface area contributed by atoms with Crippen molar-refractivity contribution in [3.8, 4) is 11.3 Å². The van der Waals surface area contributed by atoms with Gasteiger partial charge in [0.2, 0.25) is 5.78 Å². The second-order valence-electron chi connectivity index (χ2n) is 7.33. The number of nitrogens with zero attached hydrogens (tertiary/aromatic N) is 6. The summed E-state index contributed by atoms with van der Waals surface area (Å²) in [7, 11) is 0. The smallest absolute Gasteiger partial charge is 0.275 e. The number of benzene rings is 1. The molecule has 4 heterocycles. The molecule has 0 radical (unpaired) electrons. The summed E-state index contributed by atoms with van der Waals surface area (Å²) in [6, 6.07) is 11.5. The lowest BCUT2D eigenvalue weighted by atomic mass is 10.1. The van der Waals surface area contributed by atoms with Crippen LogP contribution in [0.1, 0.15) is 34.2 Å². The van der Waals surface area contributed by atoms with Gasteiger partial charge in [-0.05, 0) is 19.4 Å². The zero-order valence-corrected chi connectivity index (χ0v) is 17.0. The average Bonchev–Trinajstić information content (AvgIpc) is 3.37. The van der Waals surface area contributed by atoms with Crippen molar-refractivity contribution in [3.05, 3.63) is 66.2 Å². The molecule has 4 aromatic rings. The first-order valence-corrected chi connectivity index (χ1v) is 10.2. The fourth-order valence-corrected chi connectivity index (χ4v) is 3.58. The Bertz CT molecular complexity index is 1270. The van der Waals surface area contributed by atoms with Crippen molar-refractivity contribution >= 4 is 23.4 Å². The number of aryl methyl sites for hydroxylation is 1. The minimum atomic E-state index is -0.421. The fraction of sp³-hybridized carbons (Fsp3) is 0.227. The number of imidazole rings is 1. The predicted molar refractivity (Wildman–Crippen MR) is 115 cm³/mol. The van der Waals surface area contributed by atoms with Gasteiger partial charge in [-0.2, -0.15) is 10.1 Å². The molecule has 9 nitrogen and oxygen atoms in total. The summed E-state index contributed by atoms with van der Waals surface area (Å²) < 4.78 is 3.33. The van der Waals surface area contributed by atoms with Gasteiger partial charge in [0.05, 0.1) is 17.5 Å². The van der Waals surface area contributed by atoms with Gasteiger partial charge in [-0.3, -0.25) is 18.7 Å². The third-order valence-electron chi connectivity index (χ3n) is 5.37. The van der Waals surface area contributed by atoms with Crippen molar-refractivity contribution in [1.29, 1.82) is 0 Å². The number of carbonyl (C=O) groups excluding carboxylic acids is 2. The molecule has 1 fully saturated rings. The molecule has 1 aliphatic heterocycles. The largest absolute Gasteiger partial charge is 0.338 e. The summed E-state index contributed by atoms with van der Waals surface area (Å²) in [6.45, 7) is 3.77. The molecule has 0 bridgehead atoms. The van der Waals surface area contributed by atoms with Crippen LogP contribution in [-0.4, -0.2) is 54.0 Å². The molecule has 5 rings (SSSR count). The number of hydrogen-bond acceptors (Lipinski definition) is 5. The summed E-state index contributed by atoms with van der Waals surface area (Å²) in [5.74, 6) is 0.238. The Morgan fingerprint density at radius 2 is 1.90 bits per heavy atom. The maximum absolute atomic E-state index is 13.1. The topological polar surface area (TPSA) is 97.4 Å². The van der Waals surface area contributed by atoms with Crippen LogP contribution in [0.25, 0.3) is 17.0 Å². The first-order chi connectivity index (χ1) is 15.1. The second-order valence-corrected chi connectivity index (χ2v) is 7.33. The Balaban J connectivity index is 1.43. The molecule has 3 aromatic heterocycles. The molecular weight excluding hydrogens is 394 g/mol. The van der Waals surface area contributed by atoms with Gasteiger partial charge in [0.25, 0.3) is 11.8 Å². The maximum atomic E-state index is 13.1. The molecule has 0 aliphatic carbocycles. The van der Waals surface area contributed by atoms with Crippen molar-refractivity contribution in [2.24, 2.45) is 0 Å². The number of likely N-dealkylation sites (tertiary alicyclic amines) is 1. The Hall–Kier alpha value is -4.01. The molecule has 0 unspecified atom stereocenters. The van der Waals surface area contributed by atoms with E-state index in [1.54, 1.807) is 21.6 Å². The fourth-order valence-electron chi connectivity index (χ4n) is 3.58. The molecule has 2 amide bonds. The zero-order valence-electron chi connectivity index (χ0n) is 17.0. The van der Waals surface area contributed by atoms with E-state index < -0.39 is 5.91 Å². The monoisotopic (exact) mass is 415 g/mol. The van der Waals surface area contributed by atoms with Crippen LogP contribution in [0.4, 0.5) is 5.82 Å². The van der Waals surface area contributed by atoms with Crippen molar-refractivity contribution < 1.29 is 9.59 Å². The number of anilines is 1. The lowest BCUT2D eigenvalue weighted by Crippen LogP contribution is -2.42. The summed E-state index contributed by atoms with van der Waals surface area (Å²) >= 11 is 0. The number of nitrogens with one attached hydrogen (secondary N) is 1. The van der Waals surface area contributed by atoms with Gasteiger partial charge in [-0.1, -0.05) is 30.3 Å². The highest BCUT2D eigenvalue weighted by Gasteiger charge is 2.29. The van der Waals surface area contributed by atoms with E-state index in [0.29, 0.717) is 36.8 Å². The molecule has 1 saturated heterocycles. The molecule has 31 heavy (non-hydrogen) atoms. The average molecular weight is 415 g/mol. The molecular formula is C22H21N7O2. The predicted octanol–water partition coefficient (Wildman–Crippen LogP) is 2.71. The third kappa shape index (κ3) is 3.43. The Morgan fingerprint density at radius 3 is 2.61 bits per heavy atom. The van der Waals surface area contributed by atoms with Crippen molar-refractivity contribution in [3.63, 3.8) is 0 Å². The van der Waals surface area contributed by atoms with Gasteiger partial charge in [-0.15, -0.1) is 0 Å². The van der Waals surface area contributed by atoms with E-state index in [1.807, 2.05) is 43.5 Å². The number of amides is 2. The minimum Gasteiger partial charge on any atom is -0.338 e. The van der Waals surface area contributed by atoms with Crippen molar-refractivity contribution in [2.45, 2.75) is 19.9 Å². The Morgan fingerprint density at radius 1 is 1.10 bits per heavy atom. The van der Waals surface area contributed by atoms with Crippen LogP contribution in [0.2, 0.25) is 0 Å². The molecule has 0 spiro atoms. The van der Waals surface area contributed by atoms with E-state index in [4.69, 9.17) is 0 Å². The highest BCUT2D eigenvalue weighted by Crippen LogP contribution is 2.20. The van der Waals surface area contributed by atoms with E-state index in [1.165, 1.54) is 10.9 Å². The number of carbonyl (C=O) groups is 2. The number of fused-ring (bicyclic) bond motifs is 1.